The van der Waals surface area contributed by atoms with Gasteiger partial charge in [0.25, 0.3) is 5.91 Å². The number of benzene rings is 1. The number of rotatable bonds is 3. The van der Waals surface area contributed by atoms with E-state index in [1.165, 1.54) is 24.3 Å². The zero-order valence-corrected chi connectivity index (χ0v) is 12.7. The van der Waals surface area contributed by atoms with Crippen LogP contribution in [0.3, 0.4) is 0 Å². The summed E-state index contributed by atoms with van der Waals surface area (Å²) in [7, 11) is -3.29. The van der Waals surface area contributed by atoms with Crippen LogP contribution in [-0.2, 0) is 19.3 Å². The molecular weight excluding hydrogens is 310 g/mol. The van der Waals surface area contributed by atoms with Crippen molar-refractivity contribution in [2.45, 2.75) is 29.2 Å². The molecular formula is C14H17NO6S. The number of amides is 1. The molecule has 2 saturated heterocycles. The summed E-state index contributed by atoms with van der Waals surface area (Å²) >= 11 is 0. The van der Waals surface area contributed by atoms with Gasteiger partial charge in [-0.2, -0.15) is 0 Å². The first-order valence-electron chi connectivity index (χ1n) is 6.88. The maximum atomic E-state index is 12.2. The van der Waals surface area contributed by atoms with Crippen LogP contribution in [-0.4, -0.2) is 63.3 Å². The van der Waals surface area contributed by atoms with E-state index in [2.05, 4.69) is 5.32 Å². The van der Waals surface area contributed by atoms with Gasteiger partial charge < -0.3 is 19.9 Å². The normalized spacial score (nSPS) is 31.0. The van der Waals surface area contributed by atoms with Crippen molar-refractivity contribution in [2.24, 2.45) is 0 Å². The SMILES string of the molecule is CS(=O)(=O)c1ccc(C(=O)N[C@@H]2CO[C@H]3[C@@H]2OC[C@H]3O)cc1. The summed E-state index contributed by atoms with van der Waals surface area (Å²) in [6.45, 7) is 0.477. The van der Waals surface area contributed by atoms with E-state index in [1.807, 2.05) is 0 Å². The monoisotopic (exact) mass is 327 g/mol. The first-order valence-corrected chi connectivity index (χ1v) is 8.77. The van der Waals surface area contributed by atoms with Crippen molar-refractivity contribution in [3.8, 4) is 0 Å². The number of hydrogen-bond donors (Lipinski definition) is 2. The lowest BCUT2D eigenvalue weighted by atomic mass is 10.1. The van der Waals surface area contributed by atoms with E-state index in [4.69, 9.17) is 9.47 Å². The summed E-state index contributed by atoms with van der Waals surface area (Å²) in [5, 5.41) is 12.5. The highest BCUT2D eigenvalue weighted by atomic mass is 32.2. The minimum Gasteiger partial charge on any atom is -0.388 e. The van der Waals surface area contributed by atoms with Crippen molar-refractivity contribution in [1.82, 2.24) is 5.32 Å². The van der Waals surface area contributed by atoms with Crippen molar-refractivity contribution in [2.75, 3.05) is 19.5 Å². The van der Waals surface area contributed by atoms with Crippen molar-refractivity contribution in [3.63, 3.8) is 0 Å². The summed E-state index contributed by atoms with van der Waals surface area (Å²) in [6.07, 6.45) is -0.311. The molecule has 2 N–H and O–H groups in total. The molecule has 2 aliphatic heterocycles. The number of aliphatic hydroxyl groups excluding tert-OH is 1. The van der Waals surface area contributed by atoms with Gasteiger partial charge in [0.2, 0.25) is 0 Å². The topological polar surface area (TPSA) is 102 Å². The highest BCUT2D eigenvalue weighted by molar-refractivity contribution is 7.90. The second-order valence-corrected chi connectivity index (χ2v) is 7.56. The predicted octanol–water partition coefficient (Wildman–Crippen LogP) is -0.653. The third-order valence-electron chi connectivity index (χ3n) is 3.89. The van der Waals surface area contributed by atoms with Crippen molar-refractivity contribution in [1.29, 1.82) is 0 Å². The van der Waals surface area contributed by atoms with Gasteiger partial charge in [-0.15, -0.1) is 0 Å². The molecule has 3 rings (SSSR count). The van der Waals surface area contributed by atoms with Crippen molar-refractivity contribution < 1.29 is 27.8 Å². The summed E-state index contributed by atoms with van der Waals surface area (Å²) in [5.74, 6) is -0.334. The van der Waals surface area contributed by atoms with Crippen LogP contribution >= 0.6 is 0 Å². The number of fused-ring (bicyclic) bond motifs is 1. The van der Waals surface area contributed by atoms with Gasteiger partial charge in [0.15, 0.2) is 9.84 Å². The molecule has 0 aliphatic carbocycles. The first-order chi connectivity index (χ1) is 10.4. The van der Waals surface area contributed by atoms with E-state index >= 15 is 0 Å². The van der Waals surface area contributed by atoms with E-state index in [-0.39, 0.29) is 36.2 Å². The van der Waals surface area contributed by atoms with Gasteiger partial charge in [-0.3, -0.25) is 4.79 Å². The number of aliphatic hydroxyl groups is 1. The van der Waals surface area contributed by atoms with Crippen LogP contribution in [0.5, 0.6) is 0 Å². The molecule has 1 amide bonds. The fourth-order valence-electron chi connectivity index (χ4n) is 2.71. The molecule has 0 saturated carbocycles. The fourth-order valence-corrected chi connectivity index (χ4v) is 3.34. The summed E-state index contributed by atoms with van der Waals surface area (Å²) in [5.41, 5.74) is 0.356. The van der Waals surface area contributed by atoms with Gasteiger partial charge >= 0.3 is 0 Å². The zero-order chi connectivity index (χ0) is 15.9. The maximum absolute atomic E-state index is 12.2. The minimum absolute atomic E-state index is 0.163. The average Bonchev–Trinajstić information content (AvgIpc) is 3.02. The third kappa shape index (κ3) is 2.87. The van der Waals surface area contributed by atoms with Crippen LogP contribution in [0.2, 0.25) is 0 Å². The fraction of sp³-hybridized carbons (Fsp3) is 0.500. The Balaban J connectivity index is 1.68. The van der Waals surface area contributed by atoms with Gasteiger partial charge in [-0.05, 0) is 24.3 Å². The number of carbonyl (C=O) groups is 1. The molecule has 7 nitrogen and oxygen atoms in total. The lowest BCUT2D eigenvalue weighted by molar-refractivity contribution is 0.0178. The molecule has 2 aliphatic rings. The van der Waals surface area contributed by atoms with E-state index < -0.39 is 22.0 Å². The molecule has 0 aromatic heterocycles. The Morgan fingerprint density at radius 2 is 1.82 bits per heavy atom. The predicted molar refractivity (Wildman–Crippen MR) is 76.3 cm³/mol. The molecule has 0 radical (unpaired) electrons. The highest BCUT2D eigenvalue weighted by Gasteiger charge is 2.47. The first kappa shape index (κ1) is 15.4. The molecule has 0 spiro atoms. The molecule has 0 unspecified atom stereocenters. The van der Waals surface area contributed by atoms with Gasteiger partial charge in [0, 0.05) is 11.8 Å². The van der Waals surface area contributed by atoms with Crippen LogP contribution in [0, 0.1) is 0 Å². The Bertz CT molecular complexity index is 671. The van der Waals surface area contributed by atoms with E-state index in [1.54, 1.807) is 0 Å². The maximum Gasteiger partial charge on any atom is 0.251 e. The molecule has 0 bridgehead atoms. The van der Waals surface area contributed by atoms with Gasteiger partial charge in [-0.1, -0.05) is 0 Å². The van der Waals surface area contributed by atoms with E-state index in [0.717, 1.165) is 6.26 Å². The number of nitrogens with one attached hydrogen (secondary N) is 1. The third-order valence-corrected chi connectivity index (χ3v) is 5.02. The van der Waals surface area contributed by atoms with Crippen LogP contribution in [0.15, 0.2) is 29.2 Å². The van der Waals surface area contributed by atoms with E-state index in [9.17, 15) is 18.3 Å². The largest absolute Gasteiger partial charge is 0.388 e. The van der Waals surface area contributed by atoms with Crippen molar-refractivity contribution >= 4 is 15.7 Å². The Morgan fingerprint density at radius 1 is 1.18 bits per heavy atom. The van der Waals surface area contributed by atoms with Gasteiger partial charge in [0.05, 0.1) is 24.2 Å². The summed E-state index contributed by atoms with van der Waals surface area (Å²) in [4.78, 5) is 12.4. The summed E-state index contributed by atoms with van der Waals surface area (Å²) < 4.78 is 33.6. The van der Waals surface area contributed by atoms with Crippen molar-refractivity contribution in [3.05, 3.63) is 29.8 Å². The molecule has 8 heteroatoms. The number of hydrogen-bond acceptors (Lipinski definition) is 6. The Kier molecular flexibility index (Phi) is 3.94. The molecule has 22 heavy (non-hydrogen) atoms. The Hall–Kier alpha value is -1.48. The number of carbonyl (C=O) groups excluding carboxylic acids is 1. The molecule has 120 valence electrons. The Morgan fingerprint density at radius 3 is 2.45 bits per heavy atom. The smallest absolute Gasteiger partial charge is 0.251 e. The van der Waals surface area contributed by atoms with E-state index in [0.29, 0.717) is 5.56 Å². The van der Waals surface area contributed by atoms with Crippen LogP contribution in [0.25, 0.3) is 0 Å². The average molecular weight is 327 g/mol. The summed E-state index contributed by atoms with van der Waals surface area (Å²) in [6, 6.07) is 5.39. The lowest BCUT2D eigenvalue weighted by Gasteiger charge is -2.17. The van der Waals surface area contributed by atoms with Crippen LogP contribution < -0.4 is 5.32 Å². The van der Waals surface area contributed by atoms with Gasteiger partial charge in [-0.25, -0.2) is 8.42 Å². The molecule has 1 aromatic rings. The number of sulfone groups is 1. The second kappa shape index (κ2) is 5.62. The zero-order valence-electron chi connectivity index (χ0n) is 11.9. The molecule has 4 atom stereocenters. The molecule has 1 aromatic carbocycles. The quantitative estimate of drug-likeness (QED) is 0.765. The number of ether oxygens (including phenoxy) is 2. The standard InChI is InChI=1S/C14H17NO6S/c1-22(18,19)9-4-2-8(3-5-9)14(17)15-10-6-20-13-11(16)7-21-12(10)13/h2-5,10-13,16H,6-7H2,1H3,(H,15,17)/t10-,11-,12-,13-/m1/s1. The minimum atomic E-state index is -3.29. The highest BCUT2D eigenvalue weighted by Crippen LogP contribution is 2.27. The lowest BCUT2D eigenvalue weighted by Crippen LogP contribution is -2.44. The van der Waals surface area contributed by atoms with Gasteiger partial charge in [0.1, 0.15) is 18.3 Å². The Labute approximate surface area is 128 Å². The molecule has 2 fully saturated rings. The second-order valence-electron chi connectivity index (χ2n) is 5.54. The molecule has 2 heterocycles. The van der Waals surface area contributed by atoms with Crippen LogP contribution in [0.4, 0.5) is 0 Å². The van der Waals surface area contributed by atoms with Crippen LogP contribution in [0.1, 0.15) is 10.4 Å².